The lowest BCUT2D eigenvalue weighted by molar-refractivity contribution is -0.144. The fraction of sp³-hybridized carbons (Fsp3) is 0.818. The van der Waals surface area contributed by atoms with Gasteiger partial charge in [-0.05, 0) is 20.8 Å². The quantitative estimate of drug-likeness (QED) is 0.723. The monoisotopic (exact) mass is 261 g/mol. The van der Waals surface area contributed by atoms with Crippen LogP contribution in [-0.4, -0.2) is 47.3 Å². The van der Waals surface area contributed by atoms with Gasteiger partial charge in [0.15, 0.2) is 0 Å². The number of thioether (sulfide) groups is 1. The highest BCUT2D eigenvalue weighted by Gasteiger charge is 2.43. The van der Waals surface area contributed by atoms with Crippen LogP contribution in [-0.2, 0) is 14.3 Å². The predicted molar refractivity (Wildman–Crippen MR) is 65.8 cm³/mol. The third-order valence-electron chi connectivity index (χ3n) is 2.56. The lowest BCUT2D eigenvalue weighted by Crippen LogP contribution is -2.45. The molecule has 0 aromatic carbocycles. The Bertz CT molecular complexity index is 297. The molecule has 0 saturated carbocycles. The smallest absolute Gasteiger partial charge is 0.410 e. The summed E-state index contributed by atoms with van der Waals surface area (Å²) in [6, 6.07) is 0. The van der Waals surface area contributed by atoms with Gasteiger partial charge in [-0.15, -0.1) is 11.8 Å². The molecule has 0 N–H and O–H groups in total. The molecule has 0 bridgehead atoms. The van der Waals surface area contributed by atoms with Gasteiger partial charge in [0.25, 0.3) is 0 Å². The number of carbonyl (C=O) groups excluding carboxylic acids is 2. The van der Waals surface area contributed by atoms with Crippen LogP contribution in [0, 0.1) is 0 Å². The minimum atomic E-state index is -0.543. The number of hydrogen-bond acceptors (Lipinski definition) is 5. The second-order valence-corrected chi connectivity index (χ2v) is 5.43. The Balaban J connectivity index is 2.65. The zero-order chi connectivity index (χ0) is 12.9. The van der Waals surface area contributed by atoms with Gasteiger partial charge in [0.1, 0.15) is 0 Å². The van der Waals surface area contributed by atoms with Crippen LogP contribution >= 0.6 is 11.8 Å². The molecule has 5 nitrogen and oxygen atoms in total. The number of amides is 1. The maximum Gasteiger partial charge on any atom is 0.410 e. The van der Waals surface area contributed by atoms with E-state index in [1.807, 2.05) is 6.92 Å². The molecule has 6 heteroatoms. The van der Waals surface area contributed by atoms with Crippen LogP contribution in [0.15, 0.2) is 0 Å². The summed E-state index contributed by atoms with van der Waals surface area (Å²) in [5, 5.41) is 0. The molecule has 0 aromatic rings. The molecule has 1 heterocycles. The van der Waals surface area contributed by atoms with Gasteiger partial charge in [-0.2, -0.15) is 0 Å². The van der Waals surface area contributed by atoms with Crippen molar-refractivity contribution in [3.05, 3.63) is 0 Å². The molecule has 0 spiro atoms. The molecule has 0 radical (unpaired) electrons. The highest BCUT2D eigenvalue weighted by Crippen LogP contribution is 2.38. The van der Waals surface area contributed by atoms with Gasteiger partial charge < -0.3 is 9.47 Å². The lowest BCUT2D eigenvalue weighted by atomic mass is 10.2. The zero-order valence-corrected chi connectivity index (χ0v) is 11.3. The summed E-state index contributed by atoms with van der Waals surface area (Å²) < 4.78 is 9.91. The summed E-state index contributed by atoms with van der Waals surface area (Å²) in [5.41, 5.74) is 0. The van der Waals surface area contributed by atoms with Crippen LogP contribution in [0.2, 0.25) is 0 Å². The van der Waals surface area contributed by atoms with Gasteiger partial charge in [-0.1, -0.05) is 0 Å². The first-order valence-electron chi connectivity index (χ1n) is 5.77. The molecule has 1 rings (SSSR count). The standard InChI is InChI=1S/C11H19NO4S/c1-4-15-9(13)8-11(3)12(6-7-17-11)10(14)16-5-2/h4-8H2,1-3H3/t11-/m1/s1. The first-order chi connectivity index (χ1) is 8.03. The van der Waals surface area contributed by atoms with Crippen molar-refractivity contribution in [3.63, 3.8) is 0 Å². The Labute approximate surface area is 106 Å². The fourth-order valence-corrected chi connectivity index (χ4v) is 3.04. The molecular formula is C11H19NO4S. The van der Waals surface area contributed by atoms with Gasteiger partial charge in [0.2, 0.25) is 0 Å². The fourth-order valence-electron chi connectivity index (χ4n) is 1.78. The van der Waals surface area contributed by atoms with Gasteiger partial charge in [0, 0.05) is 12.3 Å². The van der Waals surface area contributed by atoms with Crippen LogP contribution in [0.3, 0.4) is 0 Å². The maximum absolute atomic E-state index is 11.7. The molecule has 0 unspecified atom stereocenters. The van der Waals surface area contributed by atoms with E-state index in [9.17, 15) is 9.59 Å². The molecular weight excluding hydrogens is 242 g/mol. The van der Waals surface area contributed by atoms with E-state index < -0.39 is 4.87 Å². The first-order valence-corrected chi connectivity index (χ1v) is 6.76. The molecule has 1 saturated heterocycles. The number of esters is 1. The third kappa shape index (κ3) is 3.52. The van der Waals surface area contributed by atoms with Crippen LogP contribution in [0.5, 0.6) is 0 Å². The average molecular weight is 261 g/mol. The van der Waals surface area contributed by atoms with Crippen molar-refractivity contribution < 1.29 is 19.1 Å². The van der Waals surface area contributed by atoms with E-state index in [-0.39, 0.29) is 18.5 Å². The maximum atomic E-state index is 11.7. The van der Waals surface area contributed by atoms with Crippen LogP contribution < -0.4 is 0 Å². The molecule has 98 valence electrons. The molecule has 17 heavy (non-hydrogen) atoms. The zero-order valence-electron chi connectivity index (χ0n) is 10.5. The largest absolute Gasteiger partial charge is 0.466 e. The Morgan fingerprint density at radius 3 is 2.53 bits per heavy atom. The third-order valence-corrected chi connectivity index (χ3v) is 3.94. The van der Waals surface area contributed by atoms with Gasteiger partial charge in [0.05, 0.1) is 24.5 Å². The number of nitrogens with zero attached hydrogens (tertiary/aromatic N) is 1. The van der Waals surface area contributed by atoms with Crippen molar-refractivity contribution in [1.29, 1.82) is 0 Å². The lowest BCUT2D eigenvalue weighted by Gasteiger charge is -2.32. The van der Waals surface area contributed by atoms with Crippen molar-refractivity contribution >= 4 is 23.8 Å². The van der Waals surface area contributed by atoms with Crippen LogP contribution in [0.1, 0.15) is 27.2 Å². The van der Waals surface area contributed by atoms with E-state index in [0.717, 1.165) is 5.75 Å². The van der Waals surface area contributed by atoms with Crippen molar-refractivity contribution in [2.75, 3.05) is 25.5 Å². The summed E-state index contributed by atoms with van der Waals surface area (Å²) in [6.45, 7) is 6.72. The minimum absolute atomic E-state index is 0.199. The molecule has 0 aliphatic carbocycles. The SMILES string of the molecule is CCOC(=O)C[C@@]1(C)SCCN1C(=O)OCC. The Hall–Kier alpha value is -0.910. The van der Waals surface area contributed by atoms with Gasteiger partial charge in [-0.3, -0.25) is 9.69 Å². The summed E-state index contributed by atoms with van der Waals surface area (Å²) >= 11 is 1.59. The minimum Gasteiger partial charge on any atom is -0.466 e. The van der Waals surface area contributed by atoms with Crippen molar-refractivity contribution in [1.82, 2.24) is 4.90 Å². The van der Waals surface area contributed by atoms with E-state index in [2.05, 4.69) is 0 Å². The van der Waals surface area contributed by atoms with Gasteiger partial charge >= 0.3 is 12.1 Å². The number of ether oxygens (including phenoxy) is 2. The Kier molecular flexibility index (Phi) is 5.11. The summed E-state index contributed by atoms with van der Waals surface area (Å²) in [7, 11) is 0. The average Bonchev–Trinajstić information content (AvgIpc) is 2.60. The van der Waals surface area contributed by atoms with E-state index in [4.69, 9.17) is 9.47 Å². The predicted octanol–water partition coefficient (Wildman–Crippen LogP) is 1.86. The van der Waals surface area contributed by atoms with E-state index in [1.54, 1.807) is 30.5 Å². The Morgan fingerprint density at radius 2 is 1.94 bits per heavy atom. The van der Waals surface area contributed by atoms with Crippen LogP contribution in [0.4, 0.5) is 4.79 Å². The highest BCUT2D eigenvalue weighted by atomic mass is 32.2. The molecule has 1 aliphatic rings. The molecule has 0 aromatic heterocycles. The van der Waals surface area contributed by atoms with E-state index in [0.29, 0.717) is 19.8 Å². The summed E-state index contributed by atoms with van der Waals surface area (Å²) in [6.07, 6.45) is -0.158. The number of rotatable bonds is 4. The normalized spacial score (nSPS) is 23.6. The summed E-state index contributed by atoms with van der Waals surface area (Å²) in [4.78, 5) is 24.3. The highest BCUT2D eigenvalue weighted by molar-refractivity contribution is 8.00. The van der Waals surface area contributed by atoms with E-state index in [1.165, 1.54) is 0 Å². The molecule has 1 atom stereocenters. The van der Waals surface area contributed by atoms with Crippen molar-refractivity contribution in [3.8, 4) is 0 Å². The van der Waals surface area contributed by atoms with Crippen molar-refractivity contribution in [2.45, 2.75) is 32.1 Å². The van der Waals surface area contributed by atoms with Crippen LogP contribution in [0.25, 0.3) is 0 Å². The second-order valence-electron chi connectivity index (χ2n) is 3.86. The van der Waals surface area contributed by atoms with Gasteiger partial charge in [-0.25, -0.2) is 4.79 Å². The molecule has 1 amide bonds. The second kappa shape index (κ2) is 6.14. The number of hydrogen-bond donors (Lipinski definition) is 0. The first kappa shape index (κ1) is 14.2. The summed E-state index contributed by atoms with van der Waals surface area (Å²) in [5.74, 6) is 0.535. The topological polar surface area (TPSA) is 55.8 Å². The molecule has 1 fully saturated rings. The number of carbonyl (C=O) groups is 2. The Morgan fingerprint density at radius 1 is 1.29 bits per heavy atom. The van der Waals surface area contributed by atoms with Crippen molar-refractivity contribution in [2.24, 2.45) is 0 Å². The van der Waals surface area contributed by atoms with E-state index >= 15 is 0 Å². The molecule has 1 aliphatic heterocycles.